The van der Waals surface area contributed by atoms with Gasteiger partial charge in [0.05, 0.1) is 32.7 Å². The van der Waals surface area contributed by atoms with E-state index in [9.17, 15) is 4.79 Å². The third-order valence-corrected chi connectivity index (χ3v) is 4.33. The Bertz CT molecular complexity index is 488. The molecule has 1 heterocycles. The molecule has 0 aliphatic carbocycles. The van der Waals surface area contributed by atoms with Gasteiger partial charge in [-0.05, 0) is 25.1 Å². The van der Waals surface area contributed by atoms with Crippen molar-refractivity contribution in [3.63, 3.8) is 0 Å². The van der Waals surface area contributed by atoms with E-state index in [1.165, 1.54) is 0 Å². The van der Waals surface area contributed by atoms with E-state index in [1.807, 2.05) is 4.90 Å². The van der Waals surface area contributed by atoms with E-state index in [-0.39, 0.29) is 5.91 Å². The second kappa shape index (κ2) is 7.11. The Morgan fingerprint density at radius 3 is 2.45 bits per heavy atom. The maximum Gasteiger partial charge on any atom is 0.246 e. The molecule has 3 nitrogen and oxygen atoms in total. The van der Waals surface area contributed by atoms with Gasteiger partial charge < -0.3 is 9.80 Å². The highest BCUT2D eigenvalue weighted by atomic mass is 35.5. The number of amides is 1. The van der Waals surface area contributed by atoms with Gasteiger partial charge in [0.1, 0.15) is 0 Å². The van der Waals surface area contributed by atoms with Crippen molar-refractivity contribution < 1.29 is 9.69 Å². The van der Waals surface area contributed by atoms with Gasteiger partial charge in [0.15, 0.2) is 0 Å². The van der Waals surface area contributed by atoms with Crippen LogP contribution in [0, 0.1) is 0 Å². The summed E-state index contributed by atoms with van der Waals surface area (Å²) in [7, 11) is 0. The average Bonchev–Trinajstić information content (AvgIpc) is 2.46. The maximum atomic E-state index is 12.1. The molecule has 1 amide bonds. The molecular formula is C15H19Cl2N2O+. The first-order valence-corrected chi connectivity index (χ1v) is 7.62. The summed E-state index contributed by atoms with van der Waals surface area (Å²) < 4.78 is 0. The van der Waals surface area contributed by atoms with Crippen molar-refractivity contribution in [2.45, 2.75) is 6.92 Å². The van der Waals surface area contributed by atoms with Crippen molar-refractivity contribution >= 4 is 35.2 Å². The molecule has 0 unspecified atom stereocenters. The number of nitrogens with one attached hydrogen (secondary N) is 1. The molecule has 1 saturated heterocycles. The molecule has 0 bridgehead atoms. The first kappa shape index (κ1) is 15.4. The molecule has 0 aromatic heterocycles. The number of carbonyl (C=O) groups is 1. The Hall–Kier alpha value is -1.03. The summed E-state index contributed by atoms with van der Waals surface area (Å²) >= 11 is 12.1. The van der Waals surface area contributed by atoms with Crippen LogP contribution in [-0.4, -0.2) is 43.5 Å². The zero-order valence-electron chi connectivity index (χ0n) is 11.5. The summed E-state index contributed by atoms with van der Waals surface area (Å²) in [4.78, 5) is 15.6. The highest BCUT2D eigenvalue weighted by Gasteiger charge is 2.20. The topological polar surface area (TPSA) is 24.8 Å². The molecule has 5 heteroatoms. The van der Waals surface area contributed by atoms with Gasteiger partial charge in [-0.25, -0.2) is 0 Å². The van der Waals surface area contributed by atoms with Crippen LogP contribution in [0.15, 0.2) is 24.3 Å². The first-order valence-electron chi connectivity index (χ1n) is 6.86. The quantitative estimate of drug-likeness (QED) is 0.845. The maximum absolute atomic E-state index is 12.1. The summed E-state index contributed by atoms with van der Waals surface area (Å²) in [5.41, 5.74) is 0.696. The smallest absolute Gasteiger partial charge is 0.246 e. The van der Waals surface area contributed by atoms with E-state index in [1.54, 1.807) is 35.3 Å². The first-order chi connectivity index (χ1) is 9.61. The number of quaternary nitrogens is 1. The van der Waals surface area contributed by atoms with Crippen molar-refractivity contribution in [2.24, 2.45) is 0 Å². The number of hydrogen-bond donors (Lipinski definition) is 1. The van der Waals surface area contributed by atoms with Gasteiger partial charge in [-0.1, -0.05) is 29.3 Å². The fraction of sp³-hybridized carbons (Fsp3) is 0.400. The van der Waals surface area contributed by atoms with Gasteiger partial charge in [0.2, 0.25) is 5.91 Å². The molecule has 1 aromatic carbocycles. The lowest BCUT2D eigenvalue weighted by atomic mass is 10.2. The highest BCUT2D eigenvalue weighted by molar-refractivity contribution is 6.37. The van der Waals surface area contributed by atoms with Gasteiger partial charge in [-0.2, -0.15) is 0 Å². The molecule has 0 radical (unpaired) electrons. The van der Waals surface area contributed by atoms with Gasteiger partial charge in [0.25, 0.3) is 0 Å². The van der Waals surface area contributed by atoms with E-state index >= 15 is 0 Å². The van der Waals surface area contributed by atoms with Crippen LogP contribution >= 0.6 is 23.2 Å². The molecule has 20 heavy (non-hydrogen) atoms. The third kappa shape index (κ3) is 3.75. The van der Waals surface area contributed by atoms with E-state index in [4.69, 9.17) is 23.2 Å². The highest BCUT2D eigenvalue weighted by Crippen LogP contribution is 2.25. The van der Waals surface area contributed by atoms with Crippen LogP contribution in [0.4, 0.5) is 0 Å². The van der Waals surface area contributed by atoms with Crippen LogP contribution in [0.25, 0.3) is 6.08 Å². The van der Waals surface area contributed by atoms with Crippen LogP contribution in [0.3, 0.4) is 0 Å². The van der Waals surface area contributed by atoms with Crippen molar-refractivity contribution in [1.82, 2.24) is 4.90 Å². The van der Waals surface area contributed by atoms with Crippen LogP contribution in [0.1, 0.15) is 12.5 Å². The third-order valence-electron chi connectivity index (χ3n) is 3.67. The monoisotopic (exact) mass is 313 g/mol. The molecule has 108 valence electrons. The largest absolute Gasteiger partial charge is 0.332 e. The summed E-state index contributed by atoms with van der Waals surface area (Å²) in [6, 6.07) is 5.32. The Kier molecular flexibility index (Phi) is 5.46. The number of piperazine rings is 1. The zero-order valence-corrected chi connectivity index (χ0v) is 13.0. The predicted octanol–water partition coefficient (Wildman–Crippen LogP) is 1.75. The number of likely N-dealkylation sites (N-methyl/N-ethyl adjacent to an activating group) is 1. The van der Waals surface area contributed by atoms with Crippen LogP contribution in [-0.2, 0) is 4.79 Å². The van der Waals surface area contributed by atoms with E-state index in [0.29, 0.717) is 15.6 Å². The van der Waals surface area contributed by atoms with E-state index < -0.39 is 0 Å². The summed E-state index contributed by atoms with van der Waals surface area (Å²) in [5.74, 6) is 0.0242. The fourth-order valence-electron chi connectivity index (χ4n) is 2.33. The number of benzene rings is 1. The molecule has 1 aliphatic heterocycles. The lowest BCUT2D eigenvalue weighted by Crippen LogP contribution is -3.14. The van der Waals surface area contributed by atoms with E-state index in [0.717, 1.165) is 32.7 Å². The Morgan fingerprint density at radius 2 is 1.90 bits per heavy atom. The molecule has 1 N–H and O–H groups in total. The minimum Gasteiger partial charge on any atom is -0.332 e. The number of rotatable bonds is 3. The standard InChI is InChI=1S/C15H18Cl2N2O/c1-2-18-8-10-19(11-9-18)15(20)7-6-12-13(16)4-3-5-14(12)17/h3-7H,2,8-11H2,1H3/p+1. The molecule has 0 spiro atoms. The Balaban J connectivity index is 2.00. The summed E-state index contributed by atoms with van der Waals surface area (Å²) in [5, 5.41) is 1.11. The average molecular weight is 314 g/mol. The fourth-order valence-corrected chi connectivity index (χ4v) is 2.85. The van der Waals surface area contributed by atoms with Crippen molar-refractivity contribution in [3.05, 3.63) is 39.9 Å². The summed E-state index contributed by atoms with van der Waals surface area (Å²) in [6.07, 6.45) is 3.26. The van der Waals surface area contributed by atoms with E-state index in [2.05, 4.69) is 6.92 Å². The van der Waals surface area contributed by atoms with Crippen molar-refractivity contribution in [3.8, 4) is 0 Å². The number of carbonyl (C=O) groups excluding carboxylic acids is 1. The molecule has 1 aromatic rings. The minimum atomic E-state index is 0.0242. The number of nitrogens with zero attached hydrogens (tertiary/aromatic N) is 1. The predicted molar refractivity (Wildman–Crippen MR) is 83.3 cm³/mol. The number of hydrogen-bond acceptors (Lipinski definition) is 1. The Labute approximate surface area is 129 Å². The number of halogens is 2. The van der Waals surface area contributed by atoms with Gasteiger partial charge in [-0.3, -0.25) is 4.79 Å². The molecule has 1 fully saturated rings. The second-order valence-electron chi connectivity index (χ2n) is 4.90. The second-order valence-corrected chi connectivity index (χ2v) is 5.71. The van der Waals surface area contributed by atoms with Gasteiger partial charge in [0, 0.05) is 21.7 Å². The molecule has 2 rings (SSSR count). The van der Waals surface area contributed by atoms with Gasteiger partial charge >= 0.3 is 0 Å². The van der Waals surface area contributed by atoms with Gasteiger partial charge in [-0.15, -0.1) is 0 Å². The van der Waals surface area contributed by atoms with Crippen LogP contribution in [0.2, 0.25) is 10.0 Å². The van der Waals surface area contributed by atoms with Crippen molar-refractivity contribution in [1.29, 1.82) is 0 Å². The lowest BCUT2D eigenvalue weighted by molar-refractivity contribution is -0.902. The zero-order chi connectivity index (χ0) is 14.5. The molecule has 1 aliphatic rings. The Morgan fingerprint density at radius 1 is 1.30 bits per heavy atom. The van der Waals surface area contributed by atoms with Crippen LogP contribution < -0.4 is 4.90 Å². The SMILES string of the molecule is CC[NH+]1CCN(C(=O)C=Cc2c(Cl)cccc2Cl)CC1. The van der Waals surface area contributed by atoms with Crippen molar-refractivity contribution in [2.75, 3.05) is 32.7 Å². The lowest BCUT2D eigenvalue weighted by Gasteiger charge is -2.30. The minimum absolute atomic E-state index is 0.0242. The normalized spacial score (nSPS) is 16.9. The molecule has 0 atom stereocenters. The molecular weight excluding hydrogens is 295 g/mol. The molecule has 0 saturated carbocycles. The summed E-state index contributed by atoms with van der Waals surface area (Å²) in [6.45, 7) is 6.94. The van der Waals surface area contributed by atoms with Crippen LogP contribution in [0.5, 0.6) is 0 Å².